The SMILES string of the molecule is COc1ncnc2c1nc(CCl)n2CC(C)C(C)(C)C. The van der Waals surface area contributed by atoms with E-state index in [0.717, 1.165) is 18.0 Å². The molecule has 0 aromatic carbocycles. The summed E-state index contributed by atoms with van der Waals surface area (Å²) >= 11 is 6.02. The zero-order chi connectivity index (χ0) is 14.9. The first-order valence-corrected chi connectivity index (χ1v) is 7.22. The van der Waals surface area contributed by atoms with Crippen molar-refractivity contribution in [1.82, 2.24) is 19.5 Å². The molecule has 5 nitrogen and oxygen atoms in total. The molecule has 0 amide bonds. The van der Waals surface area contributed by atoms with Gasteiger partial charge in [-0.3, -0.25) is 0 Å². The molecule has 0 aliphatic carbocycles. The molecule has 0 aliphatic heterocycles. The molecule has 2 aromatic rings. The molecule has 20 heavy (non-hydrogen) atoms. The van der Waals surface area contributed by atoms with Gasteiger partial charge in [0, 0.05) is 6.54 Å². The van der Waals surface area contributed by atoms with Crippen LogP contribution in [0, 0.1) is 11.3 Å². The highest BCUT2D eigenvalue weighted by atomic mass is 35.5. The lowest BCUT2D eigenvalue weighted by molar-refractivity contribution is 0.233. The van der Waals surface area contributed by atoms with Crippen LogP contribution in [0.15, 0.2) is 6.33 Å². The van der Waals surface area contributed by atoms with Gasteiger partial charge in [-0.2, -0.15) is 4.98 Å². The molecule has 0 saturated carbocycles. The minimum Gasteiger partial charge on any atom is -0.479 e. The van der Waals surface area contributed by atoms with Crippen LogP contribution >= 0.6 is 11.6 Å². The van der Waals surface area contributed by atoms with Crippen molar-refractivity contribution in [3.8, 4) is 5.88 Å². The van der Waals surface area contributed by atoms with Gasteiger partial charge in [-0.15, -0.1) is 11.6 Å². The van der Waals surface area contributed by atoms with E-state index in [1.165, 1.54) is 6.33 Å². The molecule has 0 bridgehead atoms. The molecular weight excluding hydrogens is 276 g/mol. The summed E-state index contributed by atoms with van der Waals surface area (Å²) in [5, 5.41) is 0. The molecule has 0 N–H and O–H groups in total. The molecule has 1 unspecified atom stereocenters. The monoisotopic (exact) mass is 296 g/mol. The van der Waals surface area contributed by atoms with Crippen LogP contribution in [-0.4, -0.2) is 26.6 Å². The maximum absolute atomic E-state index is 6.02. The average molecular weight is 297 g/mol. The predicted molar refractivity (Wildman–Crippen MR) is 80.1 cm³/mol. The van der Waals surface area contributed by atoms with Crippen LogP contribution in [0.2, 0.25) is 0 Å². The lowest BCUT2D eigenvalue weighted by atomic mass is 9.82. The van der Waals surface area contributed by atoms with Crippen LogP contribution in [0.3, 0.4) is 0 Å². The van der Waals surface area contributed by atoms with Crippen molar-refractivity contribution in [2.24, 2.45) is 11.3 Å². The average Bonchev–Trinajstić information content (AvgIpc) is 2.75. The number of ether oxygens (including phenoxy) is 1. The van der Waals surface area contributed by atoms with Crippen molar-refractivity contribution >= 4 is 22.8 Å². The first kappa shape index (κ1) is 15.0. The van der Waals surface area contributed by atoms with E-state index < -0.39 is 0 Å². The van der Waals surface area contributed by atoms with E-state index in [1.54, 1.807) is 7.11 Å². The lowest BCUT2D eigenvalue weighted by Gasteiger charge is -2.28. The van der Waals surface area contributed by atoms with Gasteiger partial charge in [0.2, 0.25) is 5.88 Å². The van der Waals surface area contributed by atoms with Crippen molar-refractivity contribution in [2.75, 3.05) is 7.11 Å². The number of nitrogens with zero attached hydrogens (tertiary/aromatic N) is 4. The number of fused-ring (bicyclic) bond motifs is 1. The van der Waals surface area contributed by atoms with Gasteiger partial charge in [0.25, 0.3) is 0 Å². The number of methoxy groups -OCH3 is 1. The predicted octanol–water partition coefficient (Wildman–Crippen LogP) is 3.26. The first-order chi connectivity index (χ1) is 9.38. The summed E-state index contributed by atoms with van der Waals surface area (Å²) in [6.45, 7) is 9.73. The molecule has 2 heterocycles. The summed E-state index contributed by atoms with van der Waals surface area (Å²) in [6, 6.07) is 0. The van der Waals surface area contributed by atoms with E-state index in [1.807, 2.05) is 0 Å². The summed E-state index contributed by atoms with van der Waals surface area (Å²) in [6.07, 6.45) is 1.50. The van der Waals surface area contributed by atoms with E-state index in [9.17, 15) is 0 Å². The Kier molecular flexibility index (Phi) is 4.18. The van der Waals surface area contributed by atoms with Gasteiger partial charge in [0.05, 0.1) is 13.0 Å². The van der Waals surface area contributed by atoms with Crippen molar-refractivity contribution in [2.45, 2.75) is 40.1 Å². The van der Waals surface area contributed by atoms with E-state index in [4.69, 9.17) is 16.3 Å². The van der Waals surface area contributed by atoms with Crippen LogP contribution in [-0.2, 0) is 12.4 Å². The van der Waals surface area contributed by atoms with Crippen LogP contribution in [0.5, 0.6) is 5.88 Å². The zero-order valence-electron chi connectivity index (χ0n) is 12.6. The molecule has 1 atom stereocenters. The topological polar surface area (TPSA) is 52.8 Å². The number of aromatic nitrogens is 4. The molecule has 0 radical (unpaired) electrons. The molecule has 0 spiro atoms. The molecule has 2 rings (SSSR count). The largest absolute Gasteiger partial charge is 0.479 e. The molecule has 0 saturated heterocycles. The summed E-state index contributed by atoms with van der Waals surface area (Å²) < 4.78 is 7.31. The Hall–Kier alpha value is -1.36. The summed E-state index contributed by atoms with van der Waals surface area (Å²) in [7, 11) is 1.58. The third kappa shape index (κ3) is 2.73. The van der Waals surface area contributed by atoms with Crippen LogP contribution in [0.4, 0.5) is 0 Å². The number of alkyl halides is 1. The number of halogens is 1. The number of rotatable bonds is 4. The second kappa shape index (κ2) is 5.56. The molecule has 110 valence electrons. The highest BCUT2D eigenvalue weighted by Crippen LogP contribution is 2.30. The van der Waals surface area contributed by atoms with Crippen LogP contribution < -0.4 is 4.74 Å². The van der Waals surface area contributed by atoms with Crippen molar-refractivity contribution < 1.29 is 4.74 Å². The van der Waals surface area contributed by atoms with Crippen molar-refractivity contribution in [1.29, 1.82) is 0 Å². The highest BCUT2D eigenvalue weighted by Gasteiger charge is 2.23. The molecule has 0 aliphatic rings. The molecule has 0 fully saturated rings. The van der Waals surface area contributed by atoms with Gasteiger partial charge in [-0.1, -0.05) is 27.7 Å². The molecular formula is C14H21ClN4O. The third-order valence-corrected chi connectivity index (χ3v) is 4.06. The standard InChI is InChI=1S/C14H21ClN4O/c1-9(14(2,3)4)7-19-10(6-15)18-11-12(19)16-8-17-13(11)20-5/h8-9H,6-7H2,1-5H3. The Bertz CT molecular complexity index is 603. The molecule has 2 aromatic heterocycles. The normalized spacial score (nSPS) is 13.7. The highest BCUT2D eigenvalue weighted by molar-refractivity contribution is 6.16. The second-order valence-electron chi connectivity index (χ2n) is 6.09. The zero-order valence-corrected chi connectivity index (χ0v) is 13.4. The summed E-state index contributed by atoms with van der Waals surface area (Å²) in [4.78, 5) is 13.0. The van der Waals surface area contributed by atoms with Gasteiger partial charge in [0.15, 0.2) is 11.2 Å². The van der Waals surface area contributed by atoms with Crippen molar-refractivity contribution in [3.63, 3.8) is 0 Å². The van der Waals surface area contributed by atoms with Gasteiger partial charge >= 0.3 is 0 Å². The minimum atomic E-state index is 0.206. The molecule has 6 heteroatoms. The first-order valence-electron chi connectivity index (χ1n) is 6.68. The Morgan fingerprint density at radius 1 is 1.35 bits per heavy atom. The van der Waals surface area contributed by atoms with Gasteiger partial charge < -0.3 is 9.30 Å². The maximum atomic E-state index is 6.02. The Balaban J connectivity index is 2.51. The number of hydrogen-bond donors (Lipinski definition) is 0. The lowest BCUT2D eigenvalue weighted by Crippen LogP contribution is -2.23. The fourth-order valence-corrected chi connectivity index (χ4v) is 2.16. The Morgan fingerprint density at radius 3 is 2.60 bits per heavy atom. The van der Waals surface area contributed by atoms with E-state index >= 15 is 0 Å². The smallest absolute Gasteiger partial charge is 0.245 e. The Labute approximate surface area is 124 Å². The summed E-state index contributed by atoms with van der Waals surface area (Å²) in [5.74, 6) is 2.10. The fraction of sp³-hybridized carbons (Fsp3) is 0.643. The van der Waals surface area contributed by atoms with Crippen molar-refractivity contribution in [3.05, 3.63) is 12.2 Å². The van der Waals surface area contributed by atoms with E-state index in [2.05, 4.69) is 47.2 Å². The quantitative estimate of drug-likeness (QED) is 0.813. The summed E-state index contributed by atoms with van der Waals surface area (Å²) in [5.41, 5.74) is 1.66. The number of hydrogen-bond acceptors (Lipinski definition) is 4. The minimum absolute atomic E-state index is 0.206. The number of imidazole rings is 1. The van der Waals surface area contributed by atoms with Crippen LogP contribution in [0.25, 0.3) is 11.2 Å². The van der Waals surface area contributed by atoms with Gasteiger partial charge in [0.1, 0.15) is 12.2 Å². The van der Waals surface area contributed by atoms with Gasteiger partial charge in [-0.05, 0) is 11.3 Å². The van der Waals surface area contributed by atoms with E-state index in [-0.39, 0.29) is 5.41 Å². The fourth-order valence-electron chi connectivity index (χ4n) is 1.95. The Morgan fingerprint density at radius 2 is 2.05 bits per heavy atom. The van der Waals surface area contributed by atoms with E-state index in [0.29, 0.717) is 23.2 Å². The van der Waals surface area contributed by atoms with Crippen LogP contribution in [0.1, 0.15) is 33.5 Å². The second-order valence-corrected chi connectivity index (χ2v) is 6.36. The maximum Gasteiger partial charge on any atom is 0.245 e. The van der Waals surface area contributed by atoms with Gasteiger partial charge in [-0.25, -0.2) is 9.97 Å². The third-order valence-electron chi connectivity index (χ3n) is 3.83.